The van der Waals surface area contributed by atoms with E-state index in [0.29, 0.717) is 0 Å². The molecule has 2 aromatic carbocycles. The molecule has 0 radical (unpaired) electrons. The van der Waals surface area contributed by atoms with Crippen molar-refractivity contribution in [3.8, 4) is 11.1 Å². The summed E-state index contributed by atoms with van der Waals surface area (Å²) in [4.78, 5) is 17.7. The molecule has 0 amide bonds. The first-order chi connectivity index (χ1) is 12.2. The number of likely N-dealkylation sites (tertiary alicyclic amines) is 1. The predicted octanol–water partition coefficient (Wildman–Crippen LogP) is 4.41. The average Bonchev–Trinajstić information content (AvgIpc) is 3.14. The van der Waals surface area contributed by atoms with E-state index in [1.54, 1.807) is 18.3 Å². The predicted molar refractivity (Wildman–Crippen MR) is 98.3 cm³/mol. The molecular formula is C20H19N3O2. The van der Waals surface area contributed by atoms with Gasteiger partial charge >= 0.3 is 0 Å². The molecule has 4 rings (SSSR count). The molecule has 0 unspecified atom stereocenters. The highest BCUT2D eigenvalue weighted by Gasteiger charge is 2.15. The van der Waals surface area contributed by atoms with E-state index >= 15 is 0 Å². The molecule has 25 heavy (non-hydrogen) atoms. The van der Waals surface area contributed by atoms with Gasteiger partial charge in [-0.3, -0.25) is 20.0 Å². The van der Waals surface area contributed by atoms with Crippen LogP contribution in [0, 0.1) is 10.1 Å². The summed E-state index contributed by atoms with van der Waals surface area (Å²) in [6, 6.07) is 15.1. The Labute approximate surface area is 146 Å². The second kappa shape index (κ2) is 6.61. The van der Waals surface area contributed by atoms with Crippen LogP contribution in [0.4, 0.5) is 5.69 Å². The molecule has 1 fully saturated rings. The molecule has 0 atom stereocenters. The maximum absolute atomic E-state index is 11.1. The smallest absolute Gasteiger partial charge is 0.270 e. The number of pyridine rings is 1. The Morgan fingerprint density at radius 2 is 1.92 bits per heavy atom. The lowest BCUT2D eigenvalue weighted by Gasteiger charge is -2.16. The van der Waals surface area contributed by atoms with Crippen LogP contribution in [0.1, 0.15) is 18.4 Å². The number of nitro groups is 1. The van der Waals surface area contributed by atoms with Crippen molar-refractivity contribution in [3.63, 3.8) is 0 Å². The molecule has 5 heteroatoms. The zero-order valence-electron chi connectivity index (χ0n) is 13.9. The third kappa shape index (κ3) is 3.23. The number of fused-ring (bicyclic) bond motifs is 1. The van der Waals surface area contributed by atoms with E-state index < -0.39 is 0 Å². The molecule has 126 valence electrons. The Bertz CT molecular complexity index is 933. The molecule has 5 nitrogen and oxygen atoms in total. The van der Waals surface area contributed by atoms with E-state index in [1.165, 1.54) is 24.5 Å². The Morgan fingerprint density at radius 1 is 1.08 bits per heavy atom. The van der Waals surface area contributed by atoms with Crippen molar-refractivity contribution >= 4 is 16.6 Å². The highest BCUT2D eigenvalue weighted by atomic mass is 16.6. The van der Waals surface area contributed by atoms with Gasteiger partial charge in [-0.1, -0.05) is 18.2 Å². The molecule has 0 saturated carbocycles. The summed E-state index contributed by atoms with van der Waals surface area (Å²) in [6.45, 7) is 3.18. The summed E-state index contributed by atoms with van der Waals surface area (Å²) in [7, 11) is 0. The van der Waals surface area contributed by atoms with Gasteiger partial charge in [-0.05, 0) is 55.3 Å². The lowest BCUT2D eigenvalue weighted by atomic mass is 9.98. The Hall–Kier alpha value is -2.79. The monoisotopic (exact) mass is 333 g/mol. The fourth-order valence-electron chi connectivity index (χ4n) is 3.55. The quantitative estimate of drug-likeness (QED) is 0.524. The van der Waals surface area contributed by atoms with Gasteiger partial charge in [0, 0.05) is 35.8 Å². The van der Waals surface area contributed by atoms with Crippen LogP contribution in [0.2, 0.25) is 0 Å². The molecule has 0 bridgehead atoms. The number of aromatic nitrogens is 1. The van der Waals surface area contributed by atoms with Crippen molar-refractivity contribution in [2.24, 2.45) is 0 Å². The lowest BCUT2D eigenvalue weighted by molar-refractivity contribution is -0.384. The van der Waals surface area contributed by atoms with Crippen molar-refractivity contribution in [2.45, 2.75) is 19.4 Å². The van der Waals surface area contributed by atoms with E-state index in [2.05, 4.69) is 28.1 Å². The van der Waals surface area contributed by atoms with Crippen LogP contribution in [0.5, 0.6) is 0 Å². The minimum absolute atomic E-state index is 0.103. The summed E-state index contributed by atoms with van der Waals surface area (Å²) in [5, 5.41) is 12.2. The molecular weight excluding hydrogens is 314 g/mol. The summed E-state index contributed by atoms with van der Waals surface area (Å²) in [5.74, 6) is 0. The fourth-order valence-corrected chi connectivity index (χ4v) is 3.55. The van der Waals surface area contributed by atoms with Crippen LogP contribution in [0.25, 0.3) is 22.0 Å². The van der Waals surface area contributed by atoms with Gasteiger partial charge < -0.3 is 0 Å². The standard InChI is InChI=1S/C20H19N3O2/c24-23(25)18-7-3-5-16(13-18)19-12-15(14-22-9-1-2-10-22)11-17-6-4-8-21-20(17)19/h3-8,11-13H,1-2,9-10,14H2. The average molecular weight is 333 g/mol. The lowest BCUT2D eigenvalue weighted by Crippen LogP contribution is -2.18. The van der Waals surface area contributed by atoms with Crippen LogP contribution in [0.3, 0.4) is 0 Å². The second-order valence-corrected chi connectivity index (χ2v) is 6.51. The Balaban J connectivity index is 1.83. The van der Waals surface area contributed by atoms with E-state index in [4.69, 9.17) is 0 Å². The minimum atomic E-state index is -0.354. The number of benzene rings is 2. The summed E-state index contributed by atoms with van der Waals surface area (Å²) in [5.41, 5.74) is 4.00. The molecule has 0 N–H and O–H groups in total. The van der Waals surface area contributed by atoms with Gasteiger partial charge in [0.1, 0.15) is 0 Å². The van der Waals surface area contributed by atoms with Crippen molar-refractivity contribution in [1.29, 1.82) is 0 Å². The number of hydrogen-bond acceptors (Lipinski definition) is 4. The van der Waals surface area contributed by atoms with Crippen LogP contribution < -0.4 is 0 Å². The van der Waals surface area contributed by atoms with E-state index in [1.807, 2.05) is 12.1 Å². The molecule has 1 aliphatic rings. The van der Waals surface area contributed by atoms with Crippen LogP contribution in [-0.2, 0) is 6.54 Å². The molecule has 3 aromatic rings. The van der Waals surface area contributed by atoms with Gasteiger partial charge in [0.15, 0.2) is 0 Å². The first kappa shape index (κ1) is 15.7. The van der Waals surface area contributed by atoms with E-state index in [-0.39, 0.29) is 10.6 Å². The van der Waals surface area contributed by atoms with Crippen molar-refractivity contribution in [1.82, 2.24) is 9.88 Å². The topological polar surface area (TPSA) is 59.3 Å². The van der Waals surface area contributed by atoms with Crippen LogP contribution in [-0.4, -0.2) is 27.9 Å². The molecule has 0 spiro atoms. The Kier molecular flexibility index (Phi) is 4.15. The summed E-state index contributed by atoms with van der Waals surface area (Å²) in [6.07, 6.45) is 4.28. The Morgan fingerprint density at radius 3 is 2.72 bits per heavy atom. The van der Waals surface area contributed by atoms with Crippen molar-refractivity contribution in [3.05, 3.63) is 70.4 Å². The zero-order valence-corrected chi connectivity index (χ0v) is 13.9. The highest BCUT2D eigenvalue weighted by Crippen LogP contribution is 2.31. The maximum Gasteiger partial charge on any atom is 0.270 e. The van der Waals surface area contributed by atoms with Gasteiger partial charge in [0.25, 0.3) is 5.69 Å². The van der Waals surface area contributed by atoms with Gasteiger partial charge in [-0.25, -0.2) is 0 Å². The summed E-state index contributed by atoms with van der Waals surface area (Å²) >= 11 is 0. The van der Waals surface area contributed by atoms with Crippen LogP contribution >= 0.6 is 0 Å². The van der Waals surface area contributed by atoms with Crippen molar-refractivity contribution < 1.29 is 4.92 Å². The zero-order chi connectivity index (χ0) is 17.2. The van der Waals surface area contributed by atoms with Crippen molar-refractivity contribution in [2.75, 3.05) is 13.1 Å². The molecule has 0 aliphatic carbocycles. The van der Waals surface area contributed by atoms with E-state index in [9.17, 15) is 10.1 Å². The first-order valence-electron chi connectivity index (χ1n) is 8.55. The van der Waals surface area contributed by atoms with E-state index in [0.717, 1.165) is 41.7 Å². The van der Waals surface area contributed by atoms with Gasteiger partial charge in [-0.15, -0.1) is 0 Å². The fraction of sp³-hybridized carbons (Fsp3) is 0.250. The van der Waals surface area contributed by atoms with Crippen LogP contribution in [0.15, 0.2) is 54.7 Å². The number of hydrogen-bond donors (Lipinski definition) is 0. The highest BCUT2D eigenvalue weighted by molar-refractivity contribution is 5.94. The minimum Gasteiger partial charge on any atom is -0.299 e. The number of nitrogens with zero attached hydrogens (tertiary/aromatic N) is 3. The molecule has 1 saturated heterocycles. The van der Waals surface area contributed by atoms with Gasteiger partial charge in [-0.2, -0.15) is 0 Å². The first-order valence-corrected chi connectivity index (χ1v) is 8.55. The van der Waals surface area contributed by atoms with Gasteiger partial charge in [0.05, 0.1) is 10.4 Å². The SMILES string of the molecule is O=[N+]([O-])c1cccc(-c2cc(CN3CCCC3)cc3cccnc23)c1. The molecule has 2 heterocycles. The molecule has 1 aromatic heterocycles. The number of nitro benzene ring substituents is 1. The number of non-ortho nitro benzene ring substituents is 1. The largest absolute Gasteiger partial charge is 0.299 e. The summed E-state index contributed by atoms with van der Waals surface area (Å²) < 4.78 is 0. The van der Waals surface area contributed by atoms with Gasteiger partial charge in [0.2, 0.25) is 0 Å². The normalized spacial score (nSPS) is 14.9. The maximum atomic E-state index is 11.1. The third-order valence-corrected chi connectivity index (χ3v) is 4.74. The number of rotatable bonds is 4. The molecule has 1 aliphatic heterocycles. The third-order valence-electron chi connectivity index (χ3n) is 4.74. The second-order valence-electron chi connectivity index (χ2n) is 6.51.